The molecule has 0 saturated carbocycles. The van der Waals surface area contributed by atoms with Gasteiger partial charge in [-0.25, -0.2) is 4.98 Å². The summed E-state index contributed by atoms with van der Waals surface area (Å²) in [5.41, 5.74) is 1.76. The van der Waals surface area contributed by atoms with Gasteiger partial charge in [-0.2, -0.15) is 11.8 Å². The number of rotatable bonds is 6. The Morgan fingerprint density at radius 2 is 2.10 bits per heavy atom. The number of H-pyrrole nitrogens is 1. The molecule has 0 bridgehead atoms. The SMILES string of the molecule is CC(C)SCc1cc(=O)[nH]c(NCc2ccncc2)n1. The van der Waals surface area contributed by atoms with Gasteiger partial charge in [0.1, 0.15) is 0 Å². The second kappa shape index (κ2) is 7.09. The summed E-state index contributed by atoms with van der Waals surface area (Å²) in [6, 6.07) is 5.39. The highest BCUT2D eigenvalue weighted by molar-refractivity contribution is 7.99. The van der Waals surface area contributed by atoms with Crippen LogP contribution in [0.2, 0.25) is 0 Å². The van der Waals surface area contributed by atoms with Gasteiger partial charge in [0.2, 0.25) is 5.95 Å². The predicted octanol–water partition coefficient (Wildman–Crippen LogP) is 2.42. The Hall–Kier alpha value is -1.82. The number of aromatic amines is 1. The zero-order chi connectivity index (χ0) is 14.4. The zero-order valence-corrected chi connectivity index (χ0v) is 12.4. The number of nitrogens with zero attached hydrogens (tertiary/aromatic N) is 2. The summed E-state index contributed by atoms with van der Waals surface area (Å²) in [7, 11) is 0. The lowest BCUT2D eigenvalue weighted by Crippen LogP contribution is -2.14. The van der Waals surface area contributed by atoms with Gasteiger partial charge < -0.3 is 5.32 Å². The van der Waals surface area contributed by atoms with Crippen molar-refractivity contribution in [3.63, 3.8) is 0 Å². The molecule has 6 heteroatoms. The van der Waals surface area contributed by atoms with Crippen LogP contribution >= 0.6 is 11.8 Å². The van der Waals surface area contributed by atoms with Crippen molar-refractivity contribution < 1.29 is 0 Å². The number of thioether (sulfide) groups is 1. The molecule has 0 aliphatic rings. The Morgan fingerprint density at radius 3 is 2.80 bits per heavy atom. The van der Waals surface area contributed by atoms with Crippen LogP contribution in [0.5, 0.6) is 0 Å². The van der Waals surface area contributed by atoms with E-state index in [4.69, 9.17) is 0 Å². The van der Waals surface area contributed by atoms with Crippen LogP contribution in [0.4, 0.5) is 5.95 Å². The van der Waals surface area contributed by atoms with Gasteiger partial charge in [-0.05, 0) is 22.9 Å². The van der Waals surface area contributed by atoms with Gasteiger partial charge in [-0.1, -0.05) is 13.8 Å². The monoisotopic (exact) mass is 290 g/mol. The lowest BCUT2D eigenvalue weighted by atomic mass is 10.3. The molecule has 0 amide bonds. The molecule has 0 unspecified atom stereocenters. The first kappa shape index (κ1) is 14.6. The smallest absolute Gasteiger partial charge is 0.252 e. The second-order valence-corrected chi connectivity index (χ2v) is 6.22. The topological polar surface area (TPSA) is 70.7 Å². The number of hydrogen-bond donors (Lipinski definition) is 2. The third kappa shape index (κ3) is 4.70. The first-order valence-corrected chi connectivity index (χ1v) is 7.53. The molecule has 0 atom stereocenters. The van der Waals surface area contributed by atoms with Crippen LogP contribution in [0.15, 0.2) is 35.4 Å². The molecule has 106 valence electrons. The van der Waals surface area contributed by atoms with Crippen molar-refractivity contribution in [3.8, 4) is 0 Å². The maximum absolute atomic E-state index is 11.6. The van der Waals surface area contributed by atoms with Crippen molar-refractivity contribution in [1.29, 1.82) is 0 Å². The number of anilines is 1. The number of pyridine rings is 1. The van der Waals surface area contributed by atoms with E-state index in [1.165, 1.54) is 0 Å². The predicted molar refractivity (Wildman–Crippen MR) is 82.9 cm³/mol. The van der Waals surface area contributed by atoms with Gasteiger partial charge >= 0.3 is 0 Å². The second-order valence-electron chi connectivity index (χ2n) is 4.65. The fourth-order valence-corrected chi connectivity index (χ4v) is 2.26. The van der Waals surface area contributed by atoms with Crippen LogP contribution in [0.25, 0.3) is 0 Å². The summed E-state index contributed by atoms with van der Waals surface area (Å²) in [6.45, 7) is 4.85. The maximum Gasteiger partial charge on any atom is 0.252 e. The van der Waals surface area contributed by atoms with E-state index < -0.39 is 0 Å². The minimum Gasteiger partial charge on any atom is -0.352 e. The Bertz CT molecular complexity index is 598. The average Bonchev–Trinajstić information content (AvgIpc) is 2.44. The minimum atomic E-state index is -0.128. The van der Waals surface area contributed by atoms with Gasteiger partial charge in [0.25, 0.3) is 5.56 Å². The summed E-state index contributed by atoms with van der Waals surface area (Å²) in [4.78, 5) is 22.7. The van der Waals surface area contributed by atoms with Crippen LogP contribution in [0, 0.1) is 0 Å². The number of hydrogen-bond acceptors (Lipinski definition) is 5. The Kier molecular flexibility index (Phi) is 5.17. The Morgan fingerprint density at radius 1 is 1.35 bits per heavy atom. The average molecular weight is 290 g/mol. The molecule has 0 spiro atoms. The molecular formula is C14H18N4OS. The van der Waals surface area contributed by atoms with E-state index in [0.29, 0.717) is 17.7 Å². The van der Waals surface area contributed by atoms with Crippen molar-refractivity contribution in [1.82, 2.24) is 15.0 Å². The third-order valence-electron chi connectivity index (χ3n) is 2.57. The highest BCUT2D eigenvalue weighted by Crippen LogP contribution is 2.15. The summed E-state index contributed by atoms with van der Waals surface area (Å²) < 4.78 is 0. The van der Waals surface area contributed by atoms with E-state index in [1.807, 2.05) is 12.1 Å². The van der Waals surface area contributed by atoms with E-state index >= 15 is 0 Å². The Balaban J connectivity index is 2.02. The summed E-state index contributed by atoms with van der Waals surface area (Å²) >= 11 is 1.76. The lowest BCUT2D eigenvalue weighted by molar-refractivity contribution is 0.997. The van der Waals surface area contributed by atoms with E-state index in [0.717, 1.165) is 17.0 Å². The third-order valence-corrected chi connectivity index (χ3v) is 3.70. The van der Waals surface area contributed by atoms with Crippen LogP contribution in [0.1, 0.15) is 25.1 Å². The normalized spacial score (nSPS) is 10.8. The van der Waals surface area contributed by atoms with Crippen molar-refractivity contribution in [2.24, 2.45) is 0 Å². The lowest BCUT2D eigenvalue weighted by Gasteiger charge is -2.08. The molecule has 0 aliphatic heterocycles. The molecule has 2 aromatic rings. The van der Waals surface area contributed by atoms with Crippen molar-refractivity contribution in [2.45, 2.75) is 31.4 Å². The van der Waals surface area contributed by atoms with Gasteiger partial charge in [0.15, 0.2) is 0 Å². The molecular weight excluding hydrogens is 272 g/mol. The largest absolute Gasteiger partial charge is 0.352 e. The maximum atomic E-state index is 11.6. The summed E-state index contributed by atoms with van der Waals surface area (Å²) in [5.74, 6) is 1.25. The van der Waals surface area contributed by atoms with Gasteiger partial charge in [-0.3, -0.25) is 14.8 Å². The molecule has 2 heterocycles. The van der Waals surface area contributed by atoms with Crippen LogP contribution in [-0.4, -0.2) is 20.2 Å². The van der Waals surface area contributed by atoms with E-state index in [-0.39, 0.29) is 5.56 Å². The molecule has 20 heavy (non-hydrogen) atoms. The molecule has 0 aliphatic carbocycles. The molecule has 2 N–H and O–H groups in total. The summed E-state index contributed by atoms with van der Waals surface area (Å²) in [6.07, 6.45) is 3.48. The van der Waals surface area contributed by atoms with Crippen molar-refractivity contribution in [3.05, 3.63) is 52.2 Å². The van der Waals surface area contributed by atoms with Crippen molar-refractivity contribution in [2.75, 3.05) is 5.32 Å². The molecule has 2 rings (SSSR count). The van der Waals surface area contributed by atoms with Crippen molar-refractivity contribution >= 4 is 17.7 Å². The number of nitrogens with one attached hydrogen (secondary N) is 2. The highest BCUT2D eigenvalue weighted by Gasteiger charge is 2.03. The molecule has 0 fully saturated rings. The Labute approximate surface area is 122 Å². The first-order chi connectivity index (χ1) is 9.63. The van der Waals surface area contributed by atoms with Gasteiger partial charge in [-0.15, -0.1) is 0 Å². The van der Waals surface area contributed by atoms with Gasteiger partial charge in [0, 0.05) is 30.8 Å². The minimum absolute atomic E-state index is 0.128. The van der Waals surface area contributed by atoms with Crippen LogP contribution in [-0.2, 0) is 12.3 Å². The number of aromatic nitrogens is 3. The van der Waals surface area contributed by atoms with Crippen LogP contribution < -0.4 is 10.9 Å². The van der Waals surface area contributed by atoms with E-state index in [1.54, 1.807) is 30.2 Å². The molecule has 5 nitrogen and oxygen atoms in total. The van der Waals surface area contributed by atoms with Gasteiger partial charge in [0.05, 0.1) is 5.69 Å². The fourth-order valence-electron chi connectivity index (χ4n) is 1.60. The standard InChI is InChI=1S/C14H18N4OS/c1-10(2)20-9-12-7-13(19)18-14(17-12)16-8-11-3-5-15-6-4-11/h3-7,10H,8-9H2,1-2H3,(H2,16,17,18,19). The van der Waals surface area contributed by atoms with E-state index in [9.17, 15) is 4.79 Å². The molecule has 0 aromatic carbocycles. The van der Waals surface area contributed by atoms with E-state index in [2.05, 4.69) is 34.1 Å². The highest BCUT2D eigenvalue weighted by atomic mass is 32.2. The molecule has 0 radical (unpaired) electrons. The molecule has 0 saturated heterocycles. The quantitative estimate of drug-likeness (QED) is 0.855. The first-order valence-electron chi connectivity index (χ1n) is 6.48. The zero-order valence-electron chi connectivity index (χ0n) is 11.6. The van der Waals surface area contributed by atoms with Crippen LogP contribution in [0.3, 0.4) is 0 Å². The summed E-state index contributed by atoms with van der Waals surface area (Å²) in [5, 5.41) is 3.64. The molecule has 2 aromatic heterocycles. The fraction of sp³-hybridized carbons (Fsp3) is 0.357.